The van der Waals surface area contributed by atoms with Gasteiger partial charge in [0.2, 0.25) is 5.91 Å². The van der Waals surface area contributed by atoms with E-state index in [0.29, 0.717) is 37.3 Å². The predicted molar refractivity (Wildman–Crippen MR) is 126 cm³/mol. The summed E-state index contributed by atoms with van der Waals surface area (Å²) in [5, 5.41) is 6.40. The molecule has 1 aliphatic rings. The van der Waals surface area contributed by atoms with Crippen molar-refractivity contribution in [3.63, 3.8) is 0 Å². The molecule has 1 saturated heterocycles. The third-order valence-electron chi connectivity index (χ3n) is 4.76. The van der Waals surface area contributed by atoms with Crippen LogP contribution in [0.3, 0.4) is 0 Å². The Morgan fingerprint density at radius 3 is 2.69 bits per heavy atom. The third-order valence-corrected chi connectivity index (χ3v) is 4.76. The Bertz CT molecular complexity index is 642. The molecule has 1 aromatic rings. The fraction of sp³-hybridized carbons (Fsp3) is 0.619. The molecule has 2 atom stereocenters. The summed E-state index contributed by atoms with van der Waals surface area (Å²) in [7, 11) is 0. The molecular formula is C21H34FIN4O2. The van der Waals surface area contributed by atoms with Crippen LogP contribution in [0.2, 0.25) is 0 Å². The predicted octanol–water partition coefficient (Wildman–Crippen LogP) is 3.56. The molecular weight excluding hydrogens is 486 g/mol. The zero-order valence-corrected chi connectivity index (χ0v) is 19.9. The van der Waals surface area contributed by atoms with Gasteiger partial charge in [-0.15, -0.1) is 24.0 Å². The van der Waals surface area contributed by atoms with Crippen LogP contribution in [0, 0.1) is 5.82 Å². The van der Waals surface area contributed by atoms with Crippen molar-refractivity contribution in [2.24, 2.45) is 4.99 Å². The third kappa shape index (κ3) is 9.18. The first-order chi connectivity index (χ1) is 13.5. The number of amides is 1. The van der Waals surface area contributed by atoms with Crippen LogP contribution in [0.1, 0.15) is 46.5 Å². The quantitative estimate of drug-likeness (QED) is 0.313. The molecule has 2 N–H and O–H groups in total. The van der Waals surface area contributed by atoms with Gasteiger partial charge >= 0.3 is 0 Å². The van der Waals surface area contributed by atoms with Crippen molar-refractivity contribution >= 4 is 35.8 Å². The smallest absolute Gasteiger partial charge is 0.224 e. The molecule has 0 radical (unpaired) electrons. The number of rotatable bonds is 8. The lowest BCUT2D eigenvalue weighted by atomic mass is 10.0. The molecule has 1 heterocycles. The molecule has 0 bridgehead atoms. The van der Waals surface area contributed by atoms with Crippen LogP contribution in [-0.4, -0.2) is 55.1 Å². The maximum absolute atomic E-state index is 13.0. The van der Waals surface area contributed by atoms with Crippen LogP contribution in [-0.2, 0) is 4.79 Å². The molecule has 6 nitrogen and oxygen atoms in total. The number of ether oxygens (including phenoxy) is 1. The van der Waals surface area contributed by atoms with E-state index in [-0.39, 0.29) is 41.8 Å². The van der Waals surface area contributed by atoms with E-state index in [4.69, 9.17) is 4.74 Å². The largest absolute Gasteiger partial charge is 0.489 e. The second-order valence-corrected chi connectivity index (χ2v) is 7.21. The van der Waals surface area contributed by atoms with E-state index in [1.807, 2.05) is 18.7 Å². The summed E-state index contributed by atoms with van der Waals surface area (Å²) >= 11 is 0. The van der Waals surface area contributed by atoms with Gasteiger partial charge < -0.3 is 20.3 Å². The standard InChI is InChI=1S/C21H33FN4O2.HI/c1-4-23-21(24-13-12-20(27)26-14-6-5-7-16(26)2)25-15-17(3)28-19-10-8-18(22)9-11-19;/h8-11,16-17H,4-7,12-15H2,1-3H3,(H2,23,24,25);1H. The molecule has 1 fully saturated rings. The van der Waals surface area contributed by atoms with E-state index >= 15 is 0 Å². The fourth-order valence-electron chi connectivity index (χ4n) is 3.24. The number of guanidine groups is 1. The SMILES string of the molecule is CCNC(=NCC(C)Oc1ccc(F)cc1)NCCC(=O)N1CCCCC1C.I. The van der Waals surface area contributed by atoms with Crippen molar-refractivity contribution in [1.29, 1.82) is 0 Å². The highest BCUT2D eigenvalue weighted by Gasteiger charge is 2.22. The van der Waals surface area contributed by atoms with Crippen LogP contribution < -0.4 is 15.4 Å². The van der Waals surface area contributed by atoms with E-state index in [1.54, 1.807) is 12.1 Å². The molecule has 0 spiro atoms. The van der Waals surface area contributed by atoms with Crippen molar-refractivity contribution in [3.05, 3.63) is 30.1 Å². The second-order valence-electron chi connectivity index (χ2n) is 7.21. The van der Waals surface area contributed by atoms with Crippen molar-refractivity contribution in [3.8, 4) is 5.75 Å². The first-order valence-corrected chi connectivity index (χ1v) is 10.2. The maximum Gasteiger partial charge on any atom is 0.224 e. The molecule has 8 heteroatoms. The minimum atomic E-state index is -0.287. The van der Waals surface area contributed by atoms with E-state index < -0.39 is 0 Å². The van der Waals surface area contributed by atoms with Gasteiger partial charge in [0.05, 0.1) is 6.54 Å². The number of halogens is 2. The molecule has 1 aliphatic heterocycles. The molecule has 2 rings (SSSR count). The number of nitrogens with zero attached hydrogens (tertiary/aromatic N) is 2. The number of nitrogens with one attached hydrogen (secondary N) is 2. The monoisotopic (exact) mass is 520 g/mol. The lowest BCUT2D eigenvalue weighted by Gasteiger charge is -2.33. The summed E-state index contributed by atoms with van der Waals surface area (Å²) in [4.78, 5) is 18.9. The Morgan fingerprint density at radius 2 is 2.03 bits per heavy atom. The minimum absolute atomic E-state index is 0. The molecule has 164 valence electrons. The van der Waals surface area contributed by atoms with Crippen LogP contribution in [0.4, 0.5) is 4.39 Å². The Balaban J connectivity index is 0.00000420. The van der Waals surface area contributed by atoms with Gasteiger partial charge in [-0.2, -0.15) is 0 Å². The molecule has 1 amide bonds. The minimum Gasteiger partial charge on any atom is -0.489 e. The average Bonchev–Trinajstić information content (AvgIpc) is 2.68. The second kappa shape index (κ2) is 13.6. The number of carbonyl (C=O) groups is 1. The van der Waals surface area contributed by atoms with E-state index in [9.17, 15) is 9.18 Å². The summed E-state index contributed by atoms with van der Waals surface area (Å²) in [6.07, 6.45) is 3.70. The first kappa shape index (κ1) is 25.5. The number of hydrogen-bond acceptors (Lipinski definition) is 3. The Hall–Kier alpha value is -1.58. The highest BCUT2D eigenvalue weighted by Crippen LogP contribution is 2.17. The summed E-state index contributed by atoms with van der Waals surface area (Å²) in [5.41, 5.74) is 0. The zero-order chi connectivity index (χ0) is 20.4. The average molecular weight is 520 g/mol. The number of aliphatic imine (C=N–C) groups is 1. The molecule has 2 unspecified atom stereocenters. The Labute approximate surface area is 190 Å². The first-order valence-electron chi connectivity index (χ1n) is 10.2. The summed E-state index contributed by atoms with van der Waals surface area (Å²) in [6.45, 7) is 8.62. The van der Waals surface area contributed by atoms with Gasteiger partial charge in [0.25, 0.3) is 0 Å². The normalized spacial score (nSPS) is 17.9. The number of carbonyl (C=O) groups excluding carboxylic acids is 1. The topological polar surface area (TPSA) is 66.0 Å². The van der Waals surface area contributed by atoms with Gasteiger partial charge in [0.1, 0.15) is 17.7 Å². The summed E-state index contributed by atoms with van der Waals surface area (Å²) in [6, 6.07) is 6.29. The van der Waals surface area contributed by atoms with Gasteiger partial charge in [0, 0.05) is 32.1 Å². The maximum atomic E-state index is 13.0. The van der Waals surface area contributed by atoms with E-state index in [0.717, 1.165) is 25.9 Å². The molecule has 29 heavy (non-hydrogen) atoms. The van der Waals surface area contributed by atoms with Crippen LogP contribution in [0.25, 0.3) is 0 Å². The van der Waals surface area contributed by atoms with Crippen LogP contribution in [0.15, 0.2) is 29.3 Å². The highest BCUT2D eigenvalue weighted by molar-refractivity contribution is 14.0. The van der Waals surface area contributed by atoms with Gasteiger partial charge in [-0.05, 0) is 64.3 Å². The van der Waals surface area contributed by atoms with Crippen molar-refractivity contribution < 1.29 is 13.9 Å². The fourth-order valence-corrected chi connectivity index (χ4v) is 3.24. The van der Waals surface area contributed by atoms with Gasteiger partial charge in [-0.1, -0.05) is 0 Å². The number of hydrogen-bond donors (Lipinski definition) is 2. The van der Waals surface area contributed by atoms with Gasteiger partial charge in [-0.3, -0.25) is 4.79 Å². The zero-order valence-electron chi connectivity index (χ0n) is 17.6. The molecule has 0 saturated carbocycles. The highest BCUT2D eigenvalue weighted by atomic mass is 127. The Morgan fingerprint density at radius 1 is 1.31 bits per heavy atom. The Kier molecular flexibility index (Phi) is 11.9. The van der Waals surface area contributed by atoms with E-state index in [2.05, 4.69) is 22.5 Å². The number of piperidine rings is 1. The van der Waals surface area contributed by atoms with Crippen molar-refractivity contribution in [1.82, 2.24) is 15.5 Å². The van der Waals surface area contributed by atoms with Crippen LogP contribution >= 0.6 is 24.0 Å². The molecule has 0 aromatic heterocycles. The molecule has 0 aliphatic carbocycles. The summed E-state index contributed by atoms with van der Waals surface area (Å²) < 4.78 is 18.7. The number of benzene rings is 1. The van der Waals surface area contributed by atoms with Gasteiger partial charge in [-0.25, -0.2) is 9.38 Å². The van der Waals surface area contributed by atoms with Gasteiger partial charge in [0.15, 0.2) is 5.96 Å². The molecule has 1 aromatic carbocycles. The summed E-state index contributed by atoms with van der Waals surface area (Å²) in [5.74, 6) is 1.19. The van der Waals surface area contributed by atoms with E-state index in [1.165, 1.54) is 18.6 Å². The van der Waals surface area contributed by atoms with Crippen LogP contribution in [0.5, 0.6) is 5.75 Å². The lowest BCUT2D eigenvalue weighted by molar-refractivity contribution is -0.134. The lowest BCUT2D eigenvalue weighted by Crippen LogP contribution is -2.44. The number of likely N-dealkylation sites (tertiary alicyclic amines) is 1. The van der Waals surface area contributed by atoms with Crippen molar-refractivity contribution in [2.45, 2.75) is 58.6 Å². The van der Waals surface area contributed by atoms with Crippen molar-refractivity contribution in [2.75, 3.05) is 26.2 Å².